The molecule has 0 amide bonds. The van der Waals surface area contributed by atoms with E-state index in [2.05, 4.69) is 13.8 Å². The molecule has 0 spiro atoms. The smallest absolute Gasteiger partial charge is 0.137 e. The summed E-state index contributed by atoms with van der Waals surface area (Å²) in [6, 6.07) is 5.44. The van der Waals surface area contributed by atoms with Crippen LogP contribution in [0.4, 0.5) is 4.39 Å². The number of thioether (sulfide) groups is 1. The minimum Gasteiger partial charge on any atom is -0.330 e. The zero-order valence-corrected chi connectivity index (χ0v) is 10.8. The summed E-state index contributed by atoms with van der Waals surface area (Å²) < 4.78 is 13.7. The average Bonchev–Trinajstić information content (AvgIpc) is 2.28. The fourth-order valence-electron chi connectivity index (χ4n) is 1.33. The van der Waals surface area contributed by atoms with E-state index in [1.54, 1.807) is 17.8 Å². The highest BCUT2D eigenvalue weighted by atomic mass is 32.2. The van der Waals surface area contributed by atoms with Crippen LogP contribution in [0.2, 0.25) is 0 Å². The molecule has 1 unspecified atom stereocenters. The quantitative estimate of drug-likeness (QED) is 0.772. The van der Waals surface area contributed by atoms with Crippen LogP contribution in [0.25, 0.3) is 0 Å². The Bertz CT molecular complexity index is 328. The third-order valence-corrected chi connectivity index (χ3v) is 4.03. The van der Waals surface area contributed by atoms with Crippen molar-refractivity contribution >= 4 is 11.8 Å². The molecule has 1 nitrogen and oxygen atoms in total. The molecule has 1 aromatic rings. The highest BCUT2D eigenvalue weighted by molar-refractivity contribution is 7.99. The van der Waals surface area contributed by atoms with Gasteiger partial charge in [-0.3, -0.25) is 0 Å². The molecule has 0 aliphatic carbocycles. The second kappa shape index (κ2) is 6.92. The molecule has 2 N–H and O–H groups in total. The van der Waals surface area contributed by atoms with E-state index >= 15 is 0 Å². The molecule has 3 heteroatoms. The maximum absolute atomic E-state index is 13.7. The number of halogens is 1. The van der Waals surface area contributed by atoms with Crippen molar-refractivity contribution in [2.75, 3.05) is 12.3 Å². The molecule has 0 aliphatic rings. The van der Waals surface area contributed by atoms with Crippen molar-refractivity contribution in [2.45, 2.75) is 31.6 Å². The van der Waals surface area contributed by atoms with Crippen LogP contribution in [0.15, 0.2) is 23.1 Å². The molecule has 0 radical (unpaired) electrons. The van der Waals surface area contributed by atoms with Gasteiger partial charge in [0.15, 0.2) is 0 Å². The van der Waals surface area contributed by atoms with E-state index in [1.165, 1.54) is 0 Å². The first kappa shape index (κ1) is 13.5. The van der Waals surface area contributed by atoms with Crippen LogP contribution in [0.1, 0.15) is 25.8 Å². The monoisotopic (exact) mass is 241 g/mol. The van der Waals surface area contributed by atoms with Gasteiger partial charge in [0.25, 0.3) is 0 Å². The summed E-state index contributed by atoms with van der Waals surface area (Å²) >= 11 is 1.60. The lowest BCUT2D eigenvalue weighted by Gasteiger charge is -2.09. The lowest BCUT2D eigenvalue weighted by Crippen LogP contribution is -2.03. The largest absolute Gasteiger partial charge is 0.330 e. The topological polar surface area (TPSA) is 26.0 Å². The van der Waals surface area contributed by atoms with E-state index in [9.17, 15) is 4.39 Å². The van der Waals surface area contributed by atoms with Crippen LogP contribution in [0.5, 0.6) is 0 Å². The Labute approximate surface area is 102 Å². The molecular weight excluding hydrogens is 221 g/mol. The van der Waals surface area contributed by atoms with Gasteiger partial charge in [0.05, 0.1) is 0 Å². The van der Waals surface area contributed by atoms with E-state index in [1.807, 2.05) is 12.1 Å². The van der Waals surface area contributed by atoms with E-state index in [-0.39, 0.29) is 5.82 Å². The maximum atomic E-state index is 13.7. The fourth-order valence-corrected chi connectivity index (χ4v) is 2.39. The van der Waals surface area contributed by atoms with Gasteiger partial charge in [-0.15, -0.1) is 11.8 Å². The summed E-state index contributed by atoms with van der Waals surface area (Å²) in [4.78, 5) is 0.751. The molecule has 0 aromatic heterocycles. The van der Waals surface area contributed by atoms with Crippen molar-refractivity contribution in [3.05, 3.63) is 29.6 Å². The van der Waals surface area contributed by atoms with Crippen molar-refractivity contribution in [2.24, 2.45) is 11.7 Å². The minimum atomic E-state index is -0.112. The third-order valence-electron chi connectivity index (χ3n) is 2.65. The molecule has 0 aliphatic heterocycles. The molecule has 1 atom stereocenters. The zero-order valence-electron chi connectivity index (χ0n) is 10.0. The van der Waals surface area contributed by atoms with Crippen molar-refractivity contribution in [1.82, 2.24) is 0 Å². The number of benzene rings is 1. The highest BCUT2D eigenvalue weighted by Crippen LogP contribution is 2.25. The van der Waals surface area contributed by atoms with Crippen LogP contribution in [-0.4, -0.2) is 12.3 Å². The van der Waals surface area contributed by atoms with Crippen LogP contribution in [0.3, 0.4) is 0 Å². The van der Waals surface area contributed by atoms with Crippen LogP contribution < -0.4 is 5.73 Å². The van der Waals surface area contributed by atoms with Crippen molar-refractivity contribution in [1.29, 1.82) is 0 Å². The second-order valence-electron chi connectivity index (χ2n) is 4.13. The van der Waals surface area contributed by atoms with Gasteiger partial charge < -0.3 is 5.73 Å². The Kier molecular flexibility index (Phi) is 5.85. The van der Waals surface area contributed by atoms with Crippen LogP contribution in [-0.2, 0) is 6.42 Å². The molecule has 0 heterocycles. The summed E-state index contributed by atoms with van der Waals surface area (Å²) in [6.07, 6.45) is 1.88. The van der Waals surface area contributed by atoms with E-state index < -0.39 is 0 Å². The molecular formula is C13H20FNS. The summed E-state index contributed by atoms with van der Waals surface area (Å²) in [5.74, 6) is 1.50. The Hall–Kier alpha value is -0.540. The molecule has 0 saturated carbocycles. The summed E-state index contributed by atoms with van der Waals surface area (Å²) in [7, 11) is 0. The van der Waals surface area contributed by atoms with Gasteiger partial charge >= 0.3 is 0 Å². The van der Waals surface area contributed by atoms with Crippen LogP contribution >= 0.6 is 11.8 Å². The molecule has 0 fully saturated rings. The summed E-state index contributed by atoms with van der Waals surface area (Å²) in [5, 5.41) is 0. The van der Waals surface area contributed by atoms with Crippen molar-refractivity contribution in [3.8, 4) is 0 Å². The van der Waals surface area contributed by atoms with Gasteiger partial charge in [0, 0.05) is 10.6 Å². The Morgan fingerprint density at radius 3 is 2.75 bits per heavy atom. The summed E-state index contributed by atoms with van der Waals surface area (Å²) in [5.41, 5.74) is 6.42. The second-order valence-corrected chi connectivity index (χ2v) is 5.19. The molecule has 1 rings (SSSR count). The standard InChI is InChI=1S/C13H20FNS/c1-3-10(2)9-16-13-5-4-11(6-7-15)8-12(13)14/h4-5,8,10H,3,6-7,9,15H2,1-2H3. The van der Waals surface area contributed by atoms with Gasteiger partial charge in [-0.2, -0.15) is 0 Å². The van der Waals surface area contributed by atoms with Gasteiger partial charge in [-0.05, 0) is 36.6 Å². The Balaban J connectivity index is 2.60. The number of nitrogens with two attached hydrogens (primary N) is 1. The first-order valence-corrected chi connectivity index (χ1v) is 6.77. The van der Waals surface area contributed by atoms with Crippen molar-refractivity contribution < 1.29 is 4.39 Å². The predicted octanol–water partition coefficient (Wildman–Crippen LogP) is 3.47. The highest BCUT2D eigenvalue weighted by Gasteiger charge is 2.06. The molecule has 0 saturated heterocycles. The lowest BCUT2D eigenvalue weighted by molar-refractivity contribution is 0.597. The maximum Gasteiger partial charge on any atom is 0.137 e. The normalized spacial score (nSPS) is 12.8. The number of hydrogen-bond donors (Lipinski definition) is 1. The van der Waals surface area contributed by atoms with E-state index in [0.29, 0.717) is 12.5 Å². The van der Waals surface area contributed by atoms with Gasteiger partial charge in [0.2, 0.25) is 0 Å². The van der Waals surface area contributed by atoms with Gasteiger partial charge in [-0.25, -0.2) is 4.39 Å². The van der Waals surface area contributed by atoms with Crippen molar-refractivity contribution in [3.63, 3.8) is 0 Å². The number of rotatable bonds is 6. The Morgan fingerprint density at radius 1 is 1.44 bits per heavy atom. The molecule has 90 valence electrons. The SMILES string of the molecule is CCC(C)CSc1ccc(CCN)cc1F. The predicted molar refractivity (Wildman–Crippen MR) is 69.3 cm³/mol. The Morgan fingerprint density at radius 2 is 2.19 bits per heavy atom. The lowest BCUT2D eigenvalue weighted by atomic mass is 10.1. The fraction of sp³-hybridized carbons (Fsp3) is 0.538. The van der Waals surface area contributed by atoms with E-state index in [0.717, 1.165) is 29.1 Å². The average molecular weight is 241 g/mol. The first-order valence-electron chi connectivity index (χ1n) is 5.78. The van der Waals surface area contributed by atoms with Gasteiger partial charge in [-0.1, -0.05) is 26.3 Å². The van der Waals surface area contributed by atoms with Gasteiger partial charge in [0.1, 0.15) is 5.82 Å². The zero-order chi connectivity index (χ0) is 12.0. The third kappa shape index (κ3) is 4.14. The van der Waals surface area contributed by atoms with E-state index in [4.69, 9.17) is 5.73 Å². The molecule has 16 heavy (non-hydrogen) atoms. The summed E-state index contributed by atoms with van der Waals surface area (Å²) in [6.45, 7) is 4.92. The molecule has 1 aromatic carbocycles. The first-order chi connectivity index (χ1) is 7.67. The molecule has 0 bridgehead atoms. The minimum absolute atomic E-state index is 0.112. The van der Waals surface area contributed by atoms with Crippen LogP contribution in [0, 0.1) is 11.7 Å². The number of hydrogen-bond acceptors (Lipinski definition) is 2.